The van der Waals surface area contributed by atoms with Crippen molar-refractivity contribution in [1.29, 1.82) is 0 Å². The highest BCUT2D eigenvalue weighted by Crippen LogP contribution is 2.19. The van der Waals surface area contributed by atoms with Crippen molar-refractivity contribution in [3.8, 4) is 0 Å². The molecule has 1 aliphatic heterocycles. The maximum Gasteiger partial charge on any atom is 0.374 e. The summed E-state index contributed by atoms with van der Waals surface area (Å²) in [6.45, 7) is 4.29. The number of likely N-dealkylation sites (tertiary alicyclic amines) is 1. The second-order valence-corrected chi connectivity index (χ2v) is 6.61. The van der Waals surface area contributed by atoms with Gasteiger partial charge < -0.3 is 14.5 Å². The molecule has 0 unspecified atom stereocenters. The van der Waals surface area contributed by atoms with E-state index in [1.54, 1.807) is 6.07 Å². The highest BCUT2D eigenvalue weighted by Gasteiger charge is 2.24. The molecular formula is C20H24N2O4. The molecule has 0 saturated carbocycles. The lowest BCUT2D eigenvalue weighted by Gasteiger charge is -2.32. The maximum absolute atomic E-state index is 12.4. The number of amides is 1. The Labute approximate surface area is 153 Å². The van der Waals surface area contributed by atoms with E-state index in [1.165, 1.54) is 13.4 Å². The lowest BCUT2D eigenvalue weighted by atomic mass is 10.0. The summed E-state index contributed by atoms with van der Waals surface area (Å²) in [5.74, 6) is -0.197. The van der Waals surface area contributed by atoms with Gasteiger partial charge in [-0.15, -0.1) is 0 Å². The van der Waals surface area contributed by atoms with Gasteiger partial charge in [0.2, 0.25) is 5.76 Å². The Balaban J connectivity index is 1.52. The summed E-state index contributed by atoms with van der Waals surface area (Å²) in [6, 6.07) is 9.59. The van der Waals surface area contributed by atoms with Crippen LogP contribution in [-0.4, -0.2) is 43.0 Å². The van der Waals surface area contributed by atoms with E-state index in [0.29, 0.717) is 6.54 Å². The topological polar surface area (TPSA) is 71.8 Å². The first-order valence-electron chi connectivity index (χ1n) is 8.82. The average Bonchev–Trinajstić information content (AvgIpc) is 3.11. The second kappa shape index (κ2) is 8.19. The number of rotatable bonds is 5. The van der Waals surface area contributed by atoms with E-state index in [1.807, 2.05) is 31.2 Å². The van der Waals surface area contributed by atoms with Gasteiger partial charge in [0.25, 0.3) is 5.91 Å². The summed E-state index contributed by atoms with van der Waals surface area (Å²) in [5.41, 5.74) is 2.55. The number of esters is 1. The quantitative estimate of drug-likeness (QED) is 0.834. The van der Waals surface area contributed by atoms with Gasteiger partial charge in [0.1, 0.15) is 0 Å². The van der Waals surface area contributed by atoms with Crippen LogP contribution < -0.4 is 5.32 Å². The lowest BCUT2D eigenvalue weighted by molar-refractivity contribution is 0.0560. The molecule has 2 heterocycles. The van der Waals surface area contributed by atoms with Crippen LogP contribution in [-0.2, 0) is 11.3 Å². The molecule has 1 aromatic carbocycles. The normalized spacial score (nSPS) is 15.6. The Morgan fingerprint density at radius 2 is 1.96 bits per heavy atom. The van der Waals surface area contributed by atoms with Crippen LogP contribution in [0.1, 0.15) is 44.9 Å². The van der Waals surface area contributed by atoms with E-state index in [4.69, 9.17) is 9.15 Å². The number of nitrogens with one attached hydrogen (secondary N) is 1. The minimum atomic E-state index is -0.453. The van der Waals surface area contributed by atoms with Gasteiger partial charge in [-0.05, 0) is 37.5 Å². The number of hydrogen-bond donors (Lipinski definition) is 1. The smallest absolute Gasteiger partial charge is 0.374 e. The fourth-order valence-electron chi connectivity index (χ4n) is 3.30. The van der Waals surface area contributed by atoms with Gasteiger partial charge in [-0.25, -0.2) is 4.79 Å². The molecule has 138 valence electrons. The zero-order valence-electron chi connectivity index (χ0n) is 15.2. The van der Waals surface area contributed by atoms with Gasteiger partial charge in [0.05, 0.1) is 13.4 Å². The molecule has 26 heavy (non-hydrogen) atoms. The largest absolute Gasteiger partial charge is 0.463 e. The molecule has 1 N–H and O–H groups in total. The van der Waals surface area contributed by atoms with Crippen molar-refractivity contribution >= 4 is 11.9 Å². The number of furan rings is 1. The summed E-state index contributed by atoms with van der Waals surface area (Å²) in [5, 5.41) is 3.14. The molecule has 1 saturated heterocycles. The zero-order valence-corrected chi connectivity index (χ0v) is 15.2. The van der Waals surface area contributed by atoms with Crippen molar-refractivity contribution in [2.45, 2.75) is 32.4 Å². The first-order chi connectivity index (χ1) is 12.6. The molecule has 0 aliphatic carbocycles. The Hall–Kier alpha value is -2.60. The number of carbonyl (C=O) groups excluding carboxylic acids is 2. The van der Waals surface area contributed by atoms with Gasteiger partial charge in [0.15, 0.2) is 0 Å². The maximum atomic E-state index is 12.4. The third-order valence-corrected chi connectivity index (χ3v) is 4.82. The number of methoxy groups -OCH3 is 1. The molecule has 6 heteroatoms. The first-order valence-corrected chi connectivity index (χ1v) is 8.82. The van der Waals surface area contributed by atoms with Crippen LogP contribution in [0.3, 0.4) is 0 Å². The fraction of sp³-hybridized carbons (Fsp3) is 0.400. The van der Waals surface area contributed by atoms with Crippen LogP contribution in [0.2, 0.25) is 0 Å². The van der Waals surface area contributed by atoms with E-state index in [2.05, 4.69) is 10.2 Å². The minimum Gasteiger partial charge on any atom is -0.463 e. The number of piperidine rings is 1. The molecule has 6 nitrogen and oxygen atoms in total. The highest BCUT2D eigenvalue weighted by atomic mass is 16.5. The molecule has 1 aromatic heterocycles. The zero-order chi connectivity index (χ0) is 18.5. The third kappa shape index (κ3) is 4.14. The number of ether oxygens (including phenoxy) is 1. The van der Waals surface area contributed by atoms with Crippen molar-refractivity contribution in [1.82, 2.24) is 10.2 Å². The molecule has 2 aromatic rings. The molecule has 0 radical (unpaired) electrons. The predicted molar refractivity (Wildman–Crippen MR) is 97.0 cm³/mol. The summed E-state index contributed by atoms with van der Waals surface area (Å²) in [4.78, 5) is 26.4. The second-order valence-electron chi connectivity index (χ2n) is 6.61. The Morgan fingerprint density at radius 1 is 1.23 bits per heavy atom. The minimum absolute atomic E-state index is 0.00985. The van der Waals surface area contributed by atoms with Crippen molar-refractivity contribution in [3.63, 3.8) is 0 Å². The predicted octanol–water partition coefficient (Wildman–Crippen LogP) is 2.77. The monoisotopic (exact) mass is 356 g/mol. The number of benzene rings is 1. The summed E-state index contributed by atoms with van der Waals surface area (Å²) in [6.07, 6.45) is 3.27. The number of carbonyl (C=O) groups is 2. The Kier molecular flexibility index (Phi) is 5.73. The van der Waals surface area contributed by atoms with E-state index >= 15 is 0 Å². The van der Waals surface area contributed by atoms with Gasteiger partial charge in [-0.1, -0.05) is 18.2 Å². The summed E-state index contributed by atoms with van der Waals surface area (Å²) in [7, 11) is 1.34. The third-order valence-electron chi connectivity index (χ3n) is 4.82. The molecule has 0 atom stereocenters. The van der Waals surface area contributed by atoms with Crippen molar-refractivity contribution in [3.05, 3.63) is 59.0 Å². The Morgan fingerprint density at radius 3 is 2.65 bits per heavy atom. The fourth-order valence-corrected chi connectivity index (χ4v) is 3.30. The van der Waals surface area contributed by atoms with Crippen LogP contribution in [0, 0.1) is 6.92 Å². The number of hydrogen-bond acceptors (Lipinski definition) is 5. The average molecular weight is 356 g/mol. The standard InChI is InChI=1S/C20H24N2O4/c1-14-5-3-4-6-17(14)19(23)21-16-7-10-22(11-8-16)13-15-9-12-26-18(15)20(24)25-2/h3-6,9,12,16H,7-8,10-11,13H2,1-2H3,(H,21,23). The van der Waals surface area contributed by atoms with Crippen LogP contribution in [0.15, 0.2) is 41.0 Å². The molecule has 1 amide bonds. The number of nitrogens with zero attached hydrogens (tertiary/aromatic N) is 1. The van der Waals surface area contributed by atoms with Gasteiger partial charge in [-0.3, -0.25) is 9.69 Å². The molecular weight excluding hydrogens is 332 g/mol. The molecule has 0 spiro atoms. The van der Waals surface area contributed by atoms with Crippen LogP contribution >= 0.6 is 0 Å². The van der Waals surface area contributed by atoms with Crippen molar-refractivity contribution in [2.75, 3.05) is 20.2 Å². The van der Waals surface area contributed by atoms with Crippen LogP contribution in [0.4, 0.5) is 0 Å². The van der Waals surface area contributed by atoms with E-state index < -0.39 is 5.97 Å². The molecule has 3 rings (SSSR count). The van der Waals surface area contributed by atoms with Crippen molar-refractivity contribution < 1.29 is 18.7 Å². The van der Waals surface area contributed by atoms with E-state index in [9.17, 15) is 9.59 Å². The van der Waals surface area contributed by atoms with Crippen LogP contribution in [0.25, 0.3) is 0 Å². The van der Waals surface area contributed by atoms with Crippen LogP contribution in [0.5, 0.6) is 0 Å². The number of aryl methyl sites for hydroxylation is 1. The summed E-state index contributed by atoms with van der Waals surface area (Å²) < 4.78 is 9.97. The van der Waals surface area contributed by atoms with Gasteiger partial charge in [-0.2, -0.15) is 0 Å². The SMILES string of the molecule is COC(=O)c1occc1CN1CCC(NC(=O)c2ccccc2C)CC1. The lowest BCUT2D eigenvalue weighted by Crippen LogP contribution is -2.44. The van der Waals surface area contributed by atoms with E-state index in [-0.39, 0.29) is 17.7 Å². The highest BCUT2D eigenvalue weighted by molar-refractivity contribution is 5.95. The first kappa shape index (κ1) is 18.2. The molecule has 0 bridgehead atoms. The van der Waals surface area contributed by atoms with E-state index in [0.717, 1.165) is 42.6 Å². The van der Waals surface area contributed by atoms with Crippen molar-refractivity contribution in [2.24, 2.45) is 0 Å². The molecule has 1 fully saturated rings. The summed E-state index contributed by atoms with van der Waals surface area (Å²) >= 11 is 0. The van der Waals surface area contributed by atoms with Gasteiger partial charge in [0, 0.05) is 36.8 Å². The molecule has 1 aliphatic rings. The Bertz CT molecular complexity index is 776. The van der Waals surface area contributed by atoms with Gasteiger partial charge >= 0.3 is 5.97 Å².